The van der Waals surface area contributed by atoms with Crippen molar-refractivity contribution in [3.05, 3.63) is 29.8 Å². The molecule has 0 aromatic heterocycles. The molecule has 2 nitrogen and oxygen atoms in total. The zero-order chi connectivity index (χ0) is 14.8. The van der Waals surface area contributed by atoms with Crippen molar-refractivity contribution in [1.82, 2.24) is 0 Å². The Morgan fingerprint density at radius 2 is 1.75 bits per heavy atom. The first-order valence-electron chi connectivity index (χ1n) is 6.68. The highest BCUT2D eigenvalue weighted by Crippen LogP contribution is 2.42. The fourth-order valence-corrected chi connectivity index (χ4v) is 2.81. The van der Waals surface area contributed by atoms with Crippen LogP contribution in [0.3, 0.4) is 0 Å². The third-order valence-electron chi connectivity index (χ3n) is 3.90. The van der Waals surface area contributed by atoms with Gasteiger partial charge in [0, 0.05) is 11.5 Å². The first-order chi connectivity index (χ1) is 9.43. The Morgan fingerprint density at radius 3 is 2.30 bits per heavy atom. The number of rotatable bonds is 3. The average Bonchev–Trinajstić information content (AvgIpc) is 2.46. The number of hydrogen-bond acceptors (Lipinski definition) is 2. The molecule has 2 rings (SSSR count). The summed E-state index contributed by atoms with van der Waals surface area (Å²) in [7, 11) is 1.50. The van der Waals surface area contributed by atoms with Gasteiger partial charge in [0.15, 0.2) is 5.78 Å². The van der Waals surface area contributed by atoms with Crippen LogP contribution < -0.4 is 4.74 Å². The minimum absolute atomic E-state index is 0.0516. The molecule has 0 N–H and O–H groups in total. The standard InChI is InChI=1S/C15H17F3O2/c1-20-11-8-6-10(7-9-11)14(19)12-4-2-3-5-13(12)15(16,17)18/h6-9,12-13H,2-5H2,1H3. The van der Waals surface area contributed by atoms with Crippen LogP contribution in [0.2, 0.25) is 0 Å². The van der Waals surface area contributed by atoms with Crippen LogP contribution in [-0.2, 0) is 0 Å². The summed E-state index contributed by atoms with van der Waals surface area (Å²) in [5, 5.41) is 0. The SMILES string of the molecule is COc1ccc(C(=O)C2CCCCC2C(F)(F)F)cc1. The van der Waals surface area contributed by atoms with Crippen molar-refractivity contribution >= 4 is 5.78 Å². The van der Waals surface area contributed by atoms with Gasteiger partial charge in [-0.2, -0.15) is 13.2 Å². The van der Waals surface area contributed by atoms with Gasteiger partial charge in [-0.3, -0.25) is 4.79 Å². The van der Waals surface area contributed by atoms with Crippen LogP contribution in [0.4, 0.5) is 13.2 Å². The number of hydrogen-bond donors (Lipinski definition) is 0. The van der Waals surface area contributed by atoms with E-state index in [1.165, 1.54) is 19.2 Å². The van der Waals surface area contributed by atoms with Crippen molar-refractivity contribution in [2.24, 2.45) is 11.8 Å². The Hall–Kier alpha value is -1.52. The van der Waals surface area contributed by atoms with Gasteiger partial charge in [0.25, 0.3) is 0 Å². The average molecular weight is 286 g/mol. The Balaban J connectivity index is 2.20. The largest absolute Gasteiger partial charge is 0.497 e. The fourth-order valence-electron chi connectivity index (χ4n) is 2.81. The van der Waals surface area contributed by atoms with Crippen molar-refractivity contribution in [2.45, 2.75) is 31.9 Å². The predicted molar refractivity (Wildman–Crippen MR) is 68.8 cm³/mol. The van der Waals surface area contributed by atoms with Crippen LogP contribution >= 0.6 is 0 Å². The summed E-state index contributed by atoms with van der Waals surface area (Å²) in [6.07, 6.45) is -2.71. The number of benzene rings is 1. The Labute approximate surface area is 115 Å². The molecule has 0 aliphatic heterocycles. The van der Waals surface area contributed by atoms with E-state index in [4.69, 9.17) is 4.74 Å². The molecule has 1 saturated carbocycles. The smallest absolute Gasteiger partial charge is 0.392 e. The van der Waals surface area contributed by atoms with E-state index in [1.54, 1.807) is 12.1 Å². The molecule has 1 fully saturated rings. The lowest BCUT2D eigenvalue weighted by atomic mass is 9.75. The molecule has 5 heteroatoms. The first kappa shape index (κ1) is 14.9. The lowest BCUT2D eigenvalue weighted by Gasteiger charge is -2.32. The monoisotopic (exact) mass is 286 g/mol. The van der Waals surface area contributed by atoms with Gasteiger partial charge >= 0.3 is 6.18 Å². The summed E-state index contributed by atoms with van der Waals surface area (Å²) in [6, 6.07) is 6.25. The van der Waals surface area contributed by atoms with Gasteiger partial charge in [-0.25, -0.2) is 0 Å². The minimum Gasteiger partial charge on any atom is -0.497 e. The van der Waals surface area contributed by atoms with Gasteiger partial charge < -0.3 is 4.74 Å². The Morgan fingerprint density at radius 1 is 1.15 bits per heavy atom. The zero-order valence-electron chi connectivity index (χ0n) is 11.2. The Bertz CT molecular complexity index is 465. The van der Waals surface area contributed by atoms with Crippen molar-refractivity contribution in [2.75, 3.05) is 7.11 Å². The second kappa shape index (κ2) is 5.85. The molecular weight excluding hydrogens is 269 g/mol. The summed E-state index contributed by atoms with van der Waals surface area (Å²) in [5.74, 6) is -2.28. The van der Waals surface area contributed by atoms with E-state index in [1.807, 2.05) is 0 Å². The first-order valence-corrected chi connectivity index (χ1v) is 6.68. The van der Waals surface area contributed by atoms with Gasteiger partial charge in [0.2, 0.25) is 0 Å². The molecule has 1 aliphatic carbocycles. The lowest BCUT2D eigenvalue weighted by Crippen LogP contribution is -2.37. The van der Waals surface area contributed by atoms with E-state index in [0.29, 0.717) is 30.6 Å². The molecular formula is C15H17F3O2. The number of carbonyl (C=O) groups excluding carboxylic acids is 1. The summed E-state index contributed by atoms with van der Waals surface area (Å²) in [6.45, 7) is 0. The van der Waals surface area contributed by atoms with Crippen LogP contribution in [0, 0.1) is 11.8 Å². The number of ether oxygens (including phenoxy) is 1. The highest BCUT2D eigenvalue weighted by atomic mass is 19.4. The molecule has 2 atom stereocenters. The quantitative estimate of drug-likeness (QED) is 0.777. The van der Waals surface area contributed by atoms with Gasteiger partial charge in [-0.1, -0.05) is 12.8 Å². The molecule has 0 heterocycles. The molecule has 0 saturated heterocycles. The van der Waals surface area contributed by atoms with Gasteiger partial charge in [-0.05, 0) is 37.1 Å². The maximum atomic E-state index is 13.0. The molecule has 1 aliphatic rings. The van der Waals surface area contributed by atoms with Crippen LogP contribution in [0.15, 0.2) is 24.3 Å². The van der Waals surface area contributed by atoms with Crippen LogP contribution in [0.25, 0.3) is 0 Å². The molecule has 110 valence electrons. The fraction of sp³-hybridized carbons (Fsp3) is 0.533. The summed E-state index contributed by atoms with van der Waals surface area (Å²) < 4.78 is 44.0. The Kier molecular flexibility index (Phi) is 4.35. The maximum Gasteiger partial charge on any atom is 0.392 e. The molecule has 1 aromatic rings. The molecule has 20 heavy (non-hydrogen) atoms. The van der Waals surface area contributed by atoms with E-state index >= 15 is 0 Å². The van der Waals surface area contributed by atoms with E-state index in [9.17, 15) is 18.0 Å². The molecule has 1 aromatic carbocycles. The molecule has 0 spiro atoms. The third-order valence-corrected chi connectivity index (χ3v) is 3.90. The van der Waals surface area contributed by atoms with Gasteiger partial charge in [0.05, 0.1) is 13.0 Å². The van der Waals surface area contributed by atoms with Crippen LogP contribution in [-0.4, -0.2) is 19.1 Å². The third kappa shape index (κ3) is 3.14. The molecule has 0 amide bonds. The molecule has 2 unspecified atom stereocenters. The van der Waals surface area contributed by atoms with Gasteiger partial charge in [-0.15, -0.1) is 0 Å². The van der Waals surface area contributed by atoms with Crippen molar-refractivity contribution in [1.29, 1.82) is 0 Å². The maximum absolute atomic E-state index is 13.0. The van der Waals surface area contributed by atoms with Crippen molar-refractivity contribution in [3.8, 4) is 5.75 Å². The minimum atomic E-state index is -4.30. The molecule has 0 bridgehead atoms. The second-order valence-corrected chi connectivity index (χ2v) is 5.13. The van der Waals surface area contributed by atoms with E-state index in [-0.39, 0.29) is 6.42 Å². The second-order valence-electron chi connectivity index (χ2n) is 5.13. The van der Waals surface area contributed by atoms with E-state index in [2.05, 4.69) is 0 Å². The summed E-state index contributed by atoms with van der Waals surface area (Å²) in [5.41, 5.74) is 0.326. The number of Topliss-reactive ketones (excluding diaryl/α,β-unsaturated/α-hetero) is 1. The normalized spacial score (nSPS) is 23.4. The lowest BCUT2D eigenvalue weighted by molar-refractivity contribution is -0.190. The summed E-state index contributed by atoms with van der Waals surface area (Å²) in [4.78, 5) is 12.3. The van der Waals surface area contributed by atoms with Crippen LogP contribution in [0.5, 0.6) is 5.75 Å². The number of carbonyl (C=O) groups is 1. The highest BCUT2D eigenvalue weighted by Gasteiger charge is 2.47. The van der Waals surface area contributed by atoms with Gasteiger partial charge in [0.1, 0.15) is 5.75 Å². The van der Waals surface area contributed by atoms with Crippen molar-refractivity contribution in [3.63, 3.8) is 0 Å². The topological polar surface area (TPSA) is 26.3 Å². The number of methoxy groups -OCH3 is 1. The predicted octanol–water partition coefficient (Wildman–Crippen LogP) is 4.25. The highest BCUT2D eigenvalue weighted by molar-refractivity contribution is 5.98. The number of alkyl halides is 3. The van der Waals surface area contributed by atoms with Crippen LogP contribution in [0.1, 0.15) is 36.0 Å². The van der Waals surface area contributed by atoms with E-state index in [0.717, 1.165) is 0 Å². The van der Waals surface area contributed by atoms with Crippen molar-refractivity contribution < 1.29 is 22.7 Å². The summed E-state index contributed by atoms with van der Waals surface area (Å²) >= 11 is 0. The molecule has 0 radical (unpaired) electrons. The number of halogens is 3. The number of ketones is 1. The van der Waals surface area contributed by atoms with E-state index < -0.39 is 23.8 Å². The zero-order valence-corrected chi connectivity index (χ0v) is 11.2.